The molecular formula is C15H23ClN2O. The Balaban J connectivity index is 1.83. The Labute approximate surface area is 120 Å². The van der Waals surface area contributed by atoms with Crippen LogP contribution >= 0.6 is 11.6 Å². The SMILES string of the molecule is CNCCC1CCN(Cc2cc(Cl)ccc2O)CC1. The molecule has 2 N–H and O–H groups in total. The Hall–Kier alpha value is -0.770. The Kier molecular flexibility index (Phi) is 5.49. The predicted molar refractivity (Wildman–Crippen MR) is 79.7 cm³/mol. The zero-order valence-corrected chi connectivity index (χ0v) is 12.3. The molecule has 1 heterocycles. The standard InChI is InChI=1S/C15H23ClN2O/c1-17-7-4-12-5-8-18(9-6-12)11-13-10-14(16)2-3-15(13)19/h2-3,10,12,17,19H,4-9,11H2,1H3. The number of nitrogens with one attached hydrogen (secondary N) is 1. The van der Waals surface area contributed by atoms with Gasteiger partial charge in [0.05, 0.1) is 0 Å². The number of phenolic OH excluding ortho intramolecular Hbond substituents is 1. The topological polar surface area (TPSA) is 35.5 Å². The van der Waals surface area contributed by atoms with Crippen LogP contribution in [-0.2, 0) is 6.54 Å². The molecular weight excluding hydrogens is 260 g/mol. The van der Waals surface area contributed by atoms with E-state index >= 15 is 0 Å². The molecule has 0 spiro atoms. The van der Waals surface area contributed by atoms with Crippen LogP contribution in [0.1, 0.15) is 24.8 Å². The number of rotatable bonds is 5. The minimum Gasteiger partial charge on any atom is -0.508 e. The Morgan fingerprint density at radius 2 is 2.11 bits per heavy atom. The van der Waals surface area contributed by atoms with Crippen molar-refractivity contribution in [1.29, 1.82) is 0 Å². The van der Waals surface area contributed by atoms with Crippen LogP contribution in [0.3, 0.4) is 0 Å². The number of hydrogen-bond donors (Lipinski definition) is 2. The normalized spacial score (nSPS) is 17.8. The van der Waals surface area contributed by atoms with Crippen LogP contribution in [0.5, 0.6) is 5.75 Å². The number of phenols is 1. The average Bonchev–Trinajstić information content (AvgIpc) is 2.42. The van der Waals surface area contributed by atoms with Crippen molar-refractivity contribution >= 4 is 11.6 Å². The van der Waals surface area contributed by atoms with Crippen LogP contribution in [0.15, 0.2) is 18.2 Å². The van der Waals surface area contributed by atoms with Crippen LogP contribution in [-0.4, -0.2) is 36.7 Å². The van der Waals surface area contributed by atoms with Gasteiger partial charge in [-0.3, -0.25) is 4.90 Å². The maximum Gasteiger partial charge on any atom is 0.120 e. The maximum absolute atomic E-state index is 9.84. The van der Waals surface area contributed by atoms with Gasteiger partial charge in [0.15, 0.2) is 0 Å². The van der Waals surface area contributed by atoms with Crippen molar-refractivity contribution in [2.45, 2.75) is 25.8 Å². The quantitative estimate of drug-likeness (QED) is 0.872. The highest BCUT2D eigenvalue weighted by Gasteiger charge is 2.19. The van der Waals surface area contributed by atoms with E-state index in [-0.39, 0.29) is 0 Å². The fourth-order valence-corrected chi connectivity index (χ4v) is 2.90. The second-order valence-corrected chi connectivity index (χ2v) is 5.82. The van der Waals surface area contributed by atoms with Crippen LogP contribution in [0.4, 0.5) is 0 Å². The number of benzene rings is 1. The highest BCUT2D eigenvalue weighted by Crippen LogP contribution is 2.26. The van der Waals surface area contributed by atoms with E-state index in [2.05, 4.69) is 10.2 Å². The molecule has 3 nitrogen and oxygen atoms in total. The second kappa shape index (κ2) is 7.13. The van der Waals surface area contributed by atoms with Crippen molar-refractivity contribution in [2.75, 3.05) is 26.7 Å². The average molecular weight is 283 g/mol. The van der Waals surface area contributed by atoms with Crippen molar-refractivity contribution in [3.8, 4) is 5.75 Å². The monoisotopic (exact) mass is 282 g/mol. The molecule has 1 fully saturated rings. The van der Waals surface area contributed by atoms with Crippen LogP contribution in [0.25, 0.3) is 0 Å². The summed E-state index contributed by atoms with van der Waals surface area (Å²) in [5, 5.41) is 13.7. The molecule has 1 aliphatic heterocycles. The number of nitrogens with zero attached hydrogens (tertiary/aromatic N) is 1. The van der Waals surface area contributed by atoms with E-state index in [9.17, 15) is 5.11 Å². The fraction of sp³-hybridized carbons (Fsp3) is 0.600. The lowest BCUT2D eigenvalue weighted by molar-refractivity contribution is 0.171. The van der Waals surface area contributed by atoms with Gasteiger partial charge >= 0.3 is 0 Å². The summed E-state index contributed by atoms with van der Waals surface area (Å²) in [7, 11) is 2.01. The minimum atomic E-state index is 0.349. The lowest BCUT2D eigenvalue weighted by Crippen LogP contribution is -2.34. The third-order valence-electron chi connectivity index (χ3n) is 3.95. The van der Waals surface area contributed by atoms with Gasteiger partial charge in [-0.05, 0) is 70.1 Å². The lowest BCUT2D eigenvalue weighted by Gasteiger charge is -2.32. The fourth-order valence-electron chi connectivity index (χ4n) is 2.70. The first-order valence-electron chi connectivity index (χ1n) is 7.03. The molecule has 0 atom stereocenters. The minimum absolute atomic E-state index is 0.349. The van der Waals surface area contributed by atoms with Crippen molar-refractivity contribution in [3.63, 3.8) is 0 Å². The zero-order valence-electron chi connectivity index (χ0n) is 11.5. The van der Waals surface area contributed by atoms with Gasteiger partial charge in [-0.2, -0.15) is 0 Å². The molecule has 4 heteroatoms. The molecule has 0 amide bonds. The van der Waals surface area contributed by atoms with Crippen molar-refractivity contribution in [3.05, 3.63) is 28.8 Å². The van der Waals surface area contributed by atoms with E-state index in [0.717, 1.165) is 37.7 Å². The van der Waals surface area contributed by atoms with Gasteiger partial charge in [-0.15, -0.1) is 0 Å². The largest absolute Gasteiger partial charge is 0.508 e. The third-order valence-corrected chi connectivity index (χ3v) is 4.18. The van der Waals surface area contributed by atoms with E-state index in [1.165, 1.54) is 19.3 Å². The molecule has 106 valence electrons. The Bertz CT molecular complexity index is 403. The smallest absolute Gasteiger partial charge is 0.120 e. The van der Waals surface area contributed by atoms with Gasteiger partial charge in [-0.25, -0.2) is 0 Å². The number of piperidine rings is 1. The van der Waals surface area contributed by atoms with Gasteiger partial charge in [-0.1, -0.05) is 11.6 Å². The molecule has 0 saturated carbocycles. The molecule has 1 aromatic rings. The summed E-state index contributed by atoms with van der Waals surface area (Å²) < 4.78 is 0. The molecule has 0 bridgehead atoms. The van der Waals surface area contributed by atoms with Crippen molar-refractivity contribution in [1.82, 2.24) is 10.2 Å². The van der Waals surface area contributed by atoms with Crippen molar-refractivity contribution in [2.24, 2.45) is 5.92 Å². The van der Waals surface area contributed by atoms with Crippen LogP contribution in [0, 0.1) is 5.92 Å². The van der Waals surface area contributed by atoms with E-state index in [1.807, 2.05) is 13.1 Å². The lowest BCUT2D eigenvalue weighted by atomic mass is 9.93. The molecule has 0 aromatic heterocycles. The first-order chi connectivity index (χ1) is 9.19. The molecule has 1 saturated heterocycles. The molecule has 0 radical (unpaired) electrons. The van der Waals surface area contributed by atoms with Gasteiger partial charge in [0, 0.05) is 17.1 Å². The number of aromatic hydroxyl groups is 1. The summed E-state index contributed by atoms with van der Waals surface area (Å²) in [6.07, 6.45) is 3.78. The highest BCUT2D eigenvalue weighted by molar-refractivity contribution is 6.30. The Morgan fingerprint density at radius 3 is 2.79 bits per heavy atom. The van der Waals surface area contributed by atoms with Crippen LogP contribution in [0.2, 0.25) is 5.02 Å². The molecule has 0 unspecified atom stereocenters. The number of hydrogen-bond acceptors (Lipinski definition) is 3. The summed E-state index contributed by atoms with van der Waals surface area (Å²) in [5.41, 5.74) is 0.932. The molecule has 2 rings (SSSR count). The molecule has 1 aliphatic rings. The first-order valence-corrected chi connectivity index (χ1v) is 7.41. The van der Waals surface area contributed by atoms with Gasteiger partial charge in [0.2, 0.25) is 0 Å². The summed E-state index contributed by atoms with van der Waals surface area (Å²) >= 11 is 5.98. The first kappa shape index (κ1) is 14.6. The van der Waals surface area contributed by atoms with Crippen molar-refractivity contribution < 1.29 is 5.11 Å². The van der Waals surface area contributed by atoms with E-state index in [0.29, 0.717) is 10.8 Å². The Morgan fingerprint density at radius 1 is 1.37 bits per heavy atom. The summed E-state index contributed by atoms with van der Waals surface area (Å²) in [6.45, 7) is 4.13. The number of halogens is 1. The third kappa shape index (κ3) is 4.37. The second-order valence-electron chi connectivity index (χ2n) is 5.38. The van der Waals surface area contributed by atoms with E-state index < -0.39 is 0 Å². The maximum atomic E-state index is 9.84. The molecule has 1 aromatic carbocycles. The zero-order chi connectivity index (χ0) is 13.7. The van der Waals surface area contributed by atoms with Gasteiger partial charge in [0.1, 0.15) is 5.75 Å². The van der Waals surface area contributed by atoms with Gasteiger partial charge < -0.3 is 10.4 Å². The summed E-state index contributed by atoms with van der Waals surface area (Å²) in [5.74, 6) is 1.19. The summed E-state index contributed by atoms with van der Waals surface area (Å²) in [6, 6.07) is 5.27. The molecule has 19 heavy (non-hydrogen) atoms. The van der Waals surface area contributed by atoms with Crippen LogP contribution < -0.4 is 5.32 Å². The van der Waals surface area contributed by atoms with E-state index in [1.54, 1.807) is 12.1 Å². The summed E-state index contributed by atoms with van der Waals surface area (Å²) in [4.78, 5) is 2.40. The highest BCUT2D eigenvalue weighted by atomic mass is 35.5. The number of likely N-dealkylation sites (tertiary alicyclic amines) is 1. The van der Waals surface area contributed by atoms with E-state index in [4.69, 9.17) is 11.6 Å². The molecule has 0 aliphatic carbocycles. The van der Waals surface area contributed by atoms with Gasteiger partial charge in [0.25, 0.3) is 0 Å². The predicted octanol–water partition coefficient (Wildman–Crippen LogP) is 2.87.